The Morgan fingerprint density at radius 2 is 1.88 bits per heavy atom. The van der Waals surface area contributed by atoms with E-state index in [2.05, 4.69) is 10.2 Å². The predicted octanol–water partition coefficient (Wildman–Crippen LogP) is 5.44. The van der Waals surface area contributed by atoms with E-state index in [4.69, 9.17) is 21.1 Å². The third kappa shape index (κ3) is 5.48. The highest BCUT2D eigenvalue weighted by Gasteiger charge is 2.42. The minimum absolute atomic E-state index is 0.376. The molecule has 9 heteroatoms. The largest absolute Gasteiger partial charge is 0.486 e. The number of hydrogen-bond donors (Lipinski definition) is 1. The van der Waals surface area contributed by atoms with Gasteiger partial charge in [-0.25, -0.2) is 4.79 Å². The fraction of sp³-hybridized carbons (Fsp3) is 0.435. The van der Waals surface area contributed by atoms with E-state index >= 15 is 0 Å². The first-order chi connectivity index (χ1) is 15.2. The van der Waals surface area contributed by atoms with Gasteiger partial charge in [-0.1, -0.05) is 23.7 Å². The summed E-state index contributed by atoms with van der Waals surface area (Å²) in [4.78, 5) is 13.6. The van der Waals surface area contributed by atoms with Crippen LogP contribution in [0, 0.1) is 0 Å². The van der Waals surface area contributed by atoms with E-state index in [9.17, 15) is 18.0 Å². The lowest BCUT2D eigenvalue weighted by molar-refractivity contribution is -0.137. The van der Waals surface area contributed by atoms with Crippen LogP contribution in [-0.2, 0) is 10.9 Å². The highest BCUT2D eigenvalue weighted by Crippen LogP contribution is 2.34. The van der Waals surface area contributed by atoms with E-state index in [1.807, 2.05) is 0 Å². The molecule has 2 aliphatic heterocycles. The molecular weight excluding hydrogens is 445 g/mol. The molecule has 1 spiro atoms. The summed E-state index contributed by atoms with van der Waals surface area (Å²) in [5.41, 5.74) is -0.666. The molecule has 1 atom stereocenters. The van der Waals surface area contributed by atoms with Crippen LogP contribution in [0.25, 0.3) is 0 Å². The van der Waals surface area contributed by atoms with Gasteiger partial charge in [-0.15, -0.1) is 0 Å². The van der Waals surface area contributed by atoms with Crippen molar-refractivity contribution in [1.29, 1.82) is 0 Å². The molecule has 2 aromatic rings. The number of ether oxygens (including phenoxy) is 2. The Labute approximate surface area is 189 Å². The Hall–Kier alpha value is -2.45. The Balaban J connectivity index is 1.45. The van der Waals surface area contributed by atoms with Crippen molar-refractivity contribution in [1.82, 2.24) is 10.2 Å². The lowest BCUT2D eigenvalue weighted by Crippen LogP contribution is -2.47. The number of rotatable bonds is 6. The van der Waals surface area contributed by atoms with Crippen LogP contribution in [0.15, 0.2) is 48.5 Å². The molecule has 4 rings (SSSR count). The average Bonchev–Trinajstić information content (AvgIpc) is 3.13. The van der Waals surface area contributed by atoms with Crippen molar-refractivity contribution in [2.45, 2.75) is 37.1 Å². The Morgan fingerprint density at radius 3 is 2.50 bits per heavy atom. The van der Waals surface area contributed by atoms with E-state index in [0.29, 0.717) is 35.8 Å². The summed E-state index contributed by atoms with van der Waals surface area (Å²) in [5, 5.41) is 3.27. The van der Waals surface area contributed by atoms with Crippen LogP contribution in [0.5, 0.6) is 5.75 Å². The molecule has 0 radical (unpaired) electrons. The second-order valence-corrected chi connectivity index (χ2v) is 8.68. The Kier molecular flexibility index (Phi) is 6.53. The molecule has 0 saturated carbocycles. The molecule has 1 amide bonds. The van der Waals surface area contributed by atoms with Crippen molar-refractivity contribution in [3.05, 3.63) is 64.7 Å². The standard InChI is InChI=1S/C23H24ClF3N2O3/c24-18-4-6-19(7-5-18)31-20(16-2-1-3-17(14-16)23(25,26)27)8-11-29-12-9-22(10-13-29)15-28-21(30)32-22/h1-7,14,20H,8-13,15H2,(H,28,30). The van der Waals surface area contributed by atoms with Crippen LogP contribution in [0.4, 0.5) is 18.0 Å². The zero-order valence-electron chi connectivity index (χ0n) is 17.3. The number of piperidine rings is 1. The number of carbonyl (C=O) groups is 1. The van der Waals surface area contributed by atoms with Crippen LogP contribution in [0.1, 0.15) is 36.5 Å². The maximum absolute atomic E-state index is 13.2. The maximum Gasteiger partial charge on any atom is 0.416 e. The van der Waals surface area contributed by atoms with Gasteiger partial charge in [0, 0.05) is 43.9 Å². The van der Waals surface area contributed by atoms with Gasteiger partial charge in [0.1, 0.15) is 17.5 Å². The molecule has 1 unspecified atom stereocenters. The zero-order chi connectivity index (χ0) is 22.8. The van der Waals surface area contributed by atoms with Crippen LogP contribution >= 0.6 is 11.6 Å². The first kappa shape index (κ1) is 22.7. The molecule has 0 bridgehead atoms. The molecule has 0 aromatic heterocycles. The van der Waals surface area contributed by atoms with Crippen LogP contribution in [0.2, 0.25) is 5.02 Å². The lowest BCUT2D eigenvalue weighted by atomic mass is 9.91. The van der Waals surface area contributed by atoms with E-state index in [1.54, 1.807) is 30.3 Å². The Morgan fingerprint density at radius 1 is 1.16 bits per heavy atom. The molecule has 0 aliphatic carbocycles. The maximum atomic E-state index is 13.2. The molecule has 2 aliphatic rings. The van der Waals surface area contributed by atoms with Gasteiger partial charge in [0.2, 0.25) is 0 Å². The number of nitrogens with zero attached hydrogens (tertiary/aromatic N) is 1. The number of halogens is 4. The van der Waals surface area contributed by atoms with E-state index in [0.717, 1.165) is 38.1 Å². The fourth-order valence-electron chi connectivity index (χ4n) is 4.15. The van der Waals surface area contributed by atoms with Crippen molar-refractivity contribution in [2.24, 2.45) is 0 Å². The number of benzene rings is 2. The first-order valence-electron chi connectivity index (χ1n) is 10.5. The molecular formula is C23H24ClF3N2O3. The number of alkyl halides is 3. The second-order valence-electron chi connectivity index (χ2n) is 8.24. The monoisotopic (exact) mass is 468 g/mol. The highest BCUT2D eigenvalue weighted by atomic mass is 35.5. The number of carbonyl (C=O) groups excluding carboxylic acids is 1. The number of hydrogen-bond acceptors (Lipinski definition) is 4. The summed E-state index contributed by atoms with van der Waals surface area (Å²) in [6, 6.07) is 12.0. The van der Waals surface area contributed by atoms with Gasteiger partial charge in [0.05, 0.1) is 12.1 Å². The molecule has 2 fully saturated rings. The quantitative estimate of drug-likeness (QED) is 0.613. The third-order valence-electron chi connectivity index (χ3n) is 6.02. The van der Waals surface area contributed by atoms with Gasteiger partial charge >= 0.3 is 12.3 Å². The number of likely N-dealkylation sites (tertiary alicyclic amines) is 1. The lowest BCUT2D eigenvalue weighted by Gasteiger charge is -2.37. The molecule has 2 heterocycles. The number of alkyl carbamates (subject to hydrolysis) is 1. The van der Waals surface area contributed by atoms with Crippen molar-refractivity contribution in [2.75, 3.05) is 26.2 Å². The van der Waals surface area contributed by atoms with Crippen molar-refractivity contribution < 1.29 is 27.4 Å². The van der Waals surface area contributed by atoms with Crippen LogP contribution in [0.3, 0.4) is 0 Å². The van der Waals surface area contributed by atoms with Gasteiger partial charge in [-0.3, -0.25) is 0 Å². The van der Waals surface area contributed by atoms with Gasteiger partial charge in [-0.2, -0.15) is 13.2 Å². The molecule has 32 heavy (non-hydrogen) atoms. The molecule has 2 aromatic carbocycles. The van der Waals surface area contributed by atoms with Crippen LogP contribution in [-0.4, -0.2) is 42.8 Å². The summed E-state index contributed by atoms with van der Waals surface area (Å²) in [6.07, 6.45) is -3.40. The summed E-state index contributed by atoms with van der Waals surface area (Å²) >= 11 is 5.94. The predicted molar refractivity (Wildman–Crippen MR) is 114 cm³/mol. The Bertz CT molecular complexity index is 944. The minimum atomic E-state index is -4.42. The average molecular weight is 469 g/mol. The summed E-state index contributed by atoms with van der Waals surface area (Å²) in [7, 11) is 0. The van der Waals surface area contributed by atoms with Crippen molar-refractivity contribution >= 4 is 17.7 Å². The fourth-order valence-corrected chi connectivity index (χ4v) is 4.28. The van der Waals surface area contributed by atoms with Crippen molar-refractivity contribution in [3.8, 4) is 5.75 Å². The number of amides is 1. The minimum Gasteiger partial charge on any atom is -0.486 e. The topological polar surface area (TPSA) is 50.8 Å². The van der Waals surface area contributed by atoms with Gasteiger partial charge < -0.3 is 19.7 Å². The van der Waals surface area contributed by atoms with Crippen LogP contribution < -0.4 is 10.1 Å². The van der Waals surface area contributed by atoms with Crippen molar-refractivity contribution in [3.63, 3.8) is 0 Å². The second kappa shape index (κ2) is 9.19. The first-order valence-corrected chi connectivity index (χ1v) is 10.9. The summed E-state index contributed by atoms with van der Waals surface area (Å²) in [5.74, 6) is 0.540. The molecule has 2 saturated heterocycles. The SMILES string of the molecule is O=C1NCC2(CCN(CCC(Oc3ccc(Cl)cc3)c3cccc(C(F)(F)F)c3)CC2)O1. The van der Waals surface area contributed by atoms with E-state index < -0.39 is 23.4 Å². The summed E-state index contributed by atoms with van der Waals surface area (Å²) < 4.78 is 51.3. The highest BCUT2D eigenvalue weighted by molar-refractivity contribution is 6.30. The smallest absolute Gasteiger partial charge is 0.416 e. The molecule has 5 nitrogen and oxygen atoms in total. The summed E-state index contributed by atoms with van der Waals surface area (Å²) in [6.45, 7) is 2.65. The van der Waals surface area contributed by atoms with E-state index in [-0.39, 0.29) is 6.09 Å². The third-order valence-corrected chi connectivity index (χ3v) is 6.27. The zero-order valence-corrected chi connectivity index (χ0v) is 18.1. The molecule has 172 valence electrons. The van der Waals surface area contributed by atoms with E-state index in [1.165, 1.54) is 6.07 Å². The molecule has 1 N–H and O–H groups in total. The van der Waals surface area contributed by atoms with Gasteiger partial charge in [0.25, 0.3) is 0 Å². The van der Waals surface area contributed by atoms with Gasteiger partial charge in [0.15, 0.2) is 0 Å². The normalized spacial score (nSPS) is 19.4. The number of nitrogens with one attached hydrogen (secondary N) is 1. The van der Waals surface area contributed by atoms with Gasteiger partial charge in [-0.05, 0) is 42.0 Å².